The van der Waals surface area contributed by atoms with E-state index in [4.69, 9.17) is 42.6 Å². The Bertz CT molecular complexity index is 2150. The van der Waals surface area contributed by atoms with Gasteiger partial charge in [-0.2, -0.15) is 0 Å². The highest BCUT2D eigenvalue weighted by atomic mass is 17.1. The fourth-order valence-corrected chi connectivity index (χ4v) is 8.88. The van der Waals surface area contributed by atoms with Crippen molar-refractivity contribution in [2.24, 2.45) is 5.92 Å². The summed E-state index contributed by atoms with van der Waals surface area (Å²) in [5.41, 5.74) is 1.93. The van der Waals surface area contributed by atoms with Gasteiger partial charge in [-0.25, -0.2) is 24.5 Å². The van der Waals surface area contributed by atoms with Gasteiger partial charge in [0.25, 0.3) is 0 Å². The summed E-state index contributed by atoms with van der Waals surface area (Å²) in [7, 11) is 0. The second-order valence-electron chi connectivity index (χ2n) is 17.9. The topological polar surface area (TPSA) is 341 Å². The molecule has 0 radical (unpaired) electrons. The lowest BCUT2D eigenvalue weighted by atomic mass is 9.83. The molecule has 72 heavy (non-hydrogen) atoms. The van der Waals surface area contributed by atoms with Crippen molar-refractivity contribution >= 4 is 18.3 Å². The molecule has 3 aromatic carbocycles. The van der Waals surface area contributed by atoms with E-state index in [1.807, 2.05) is 0 Å². The van der Waals surface area contributed by atoms with Crippen LogP contribution in [-0.4, -0.2) is 176 Å². The Morgan fingerprint density at radius 3 is 1.51 bits per heavy atom. The second kappa shape index (κ2) is 25.7. The van der Waals surface area contributed by atoms with Crippen molar-refractivity contribution in [2.45, 2.75) is 157 Å². The molecule has 0 aromatic heterocycles. The summed E-state index contributed by atoms with van der Waals surface area (Å²) in [6.07, 6.45) is -28.0. The molecule has 1 aliphatic carbocycles. The monoisotopic (exact) mass is 1020 g/mol. The number of hydrogen-bond donors (Lipinski definition) is 11. The number of ether oxygens (including phenoxy) is 9. The fourth-order valence-electron chi connectivity index (χ4n) is 8.88. The Morgan fingerprint density at radius 2 is 1.00 bits per heavy atom. The summed E-state index contributed by atoms with van der Waals surface area (Å²) in [6, 6.07) is 21.9. The number of nitrogens with one attached hydrogen (secondary N) is 3. The van der Waals surface area contributed by atoms with Crippen molar-refractivity contribution in [3.63, 3.8) is 0 Å². The number of alkyl carbamates (subject to hydrolysis) is 3. The van der Waals surface area contributed by atoms with Crippen LogP contribution < -0.4 is 16.0 Å². The first kappa shape index (κ1) is 54.6. The highest BCUT2D eigenvalue weighted by Crippen LogP contribution is 2.37. The molecule has 0 bridgehead atoms. The van der Waals surface area contributed by atoms with Crippen molar-refractivity contribution < 1.29 is 103 Å². The van der Waals surface area contributed by atoms with E-state index < -0.39 is 141 Å². The molecule has 3 saturated heterocycles. The van der Waals surface area contributed by atoms with Crippen LogP contribution in [0.15, 0.2) is 91.0 Å². The normalized spacial score (nSPS) is 35.7. The van der Waals surface area contributed by atoms with Gasteiger partial charge in [-0.3, -0.25) is 0 Å². The van der Waals surface area contributed by atoms with Crippen LogP contribution in [-0.2, 0) is 67.3 Å². The number of rotatable bonds is 18. The molecule has 24 heteroatoms. The molecular weight excluding hydrogens is 955 g/mol. The number of benzene rings is 3. The van der Waals surface area contributed by atoms with Crippen LogP contribution in [0.2, 0.25) is 0 Å². The Morgan fingerprint density at radius 1 is 0.528 bits per heavy atom. The van der Waals surface area contributed by atoms with Gasteiger partial charge < -0.3 is 94.3 Å². The predicted molar refractivity (Wildman–Crippen MR) is 242 cm³/mol. The van der Waals surface area contributed by atoms with E-state index in [-0.39, 0.29) is 32.7 Å². The zero-order chi connectivity index (χ0) is 51.5. The van der Waals surface area contributed by atoms with E-state index in [0.29, 0.717) is 16.7 Å². The van der Waals surface area contributed by atoms with Crippen LogP contribution in [0.25, 0.3) is 0 Å². The largest absolute Gasteiger partial charge is 0.445 e. The highest BCUT2D eigenvalue weighted by Gasteiger charge is 2.57. The van der Waals surface area contributed by atoms with E-state index in [2.05, 4.69) is 20.8 Å². The van der Waals surface area contributed by atoms with E-state index in [1.165, 1.54) is 6.92 Å². The number of carbonyl (C=O) groups is 3. The summed E-state index contributed by atoms with van der Waals surface area (Å²) in [5, 5.41) is 95.8. The smallest absolute Gasteiger partial charge is 0.407 e. The van der Waals surface area contributed by atoms with Crippen molar-refractivity contribution in [1.29, 1.82) is 0 Å². The molecule has 24 nitrogen and oxygen atoms in total. The number of carbonyl (C=O) groups excluding carboxylic acids is 3. The molecule has 4 fully saturated rings. The van der Waals surface area contributed by atoms with Gasteiger partial charge in [0, 0.05) is 5.92 Å². The maximum absolute atomic E-state index is 13.6. The van der Waals surface area contributed by atoms with E-state index >= 15 is 0 Å². The fraction of sp³-hybridized carbons (Fsp3) is 0.562. The average molecular weight is 1020 g/mol. The quantitative estimate of drug-likeness (QED) is 0.0462. The van der Waals surface area contributed by atoms with Gasteiger partial charge in [0.1, 0.15) is 80.8 Å². The van der Waals surface area contributed by atoms with Crippen LogP contribution in [0.1, 0.15) is 43.4 Å². The third-order valence-corrected chi connectivity index (χ3v) is 12.9. The van der Waals surface area contributed by atoms with Crippen LogP contribution in [0, 0.1) is 5.92 Å². The molecule has 1 saturated carbocycles. The number of aliphatic hydroxyl groups is 7. The summed E-state index contributed by atoms with van der Waals surface area (Å²) in [6.45, 7) is 1.86. The maximum atomic E-state index is 13.6. The second-order valence-corrected chi connectivity index (χ2v) is 17.9. The molecule has 19 atom stereocenters. The lowest BCUT2D eigenvalue weighted by Crippen LogP contribution is -2.68. The van der Waals surface area contributed by atoms with Crippen molar-refractivity contribution in [1.82, 2.24) is 16.0 Å². The van der Waals surface area contributed by atoms with Crippen molar-refractivity contribution in [2.75, 3.05) is 6.61 Å². The molecule has 19 unspecified atom stereocenters. The molecule has 3 amide bonds. The molecule has 7 rings (SSSR count). The van der Waals surface area contributed by atoms with Crippen molar-refractivity contribution in [3.8, 4) is 0 Å². The summed E-state index contributed by atoms with van der Waals surface area (Å²) < 4.78 is 52.7. The van der Waals surface area contributed by atoms with E-state index in [1.54, 1.807) is 97.9 Å². The standard InChI is InChI=1S/C48H63N3O21/c1-3-30-35(55)37(57)32(51-48(61)65-23-27-17-11-6-12-18-27)43(66-30)70-41-38(58)44(71-45(41)72-62)69-40-34(54)28(49-46(59)63-21-25-13-7-4-8-14-25)19-29(50-47(60)64-22-26-15-9-5-10-16-26)39(40)68-42-24(2)33(53)36(56)31(20-52)67-42/h4-18,24,28-45,52-58,62H,3,19-23H2,1-2H3,(H,49,59)(H,50,60)(H,51,61). The minimum atomic E-state index is -2.00. The van der Waals surface area contributed by atoms with Gasteiger partial charge in [-0.1, -0.05) is 105 Å². The molecule has 3 aromatic rings. The molecular formula is C48H63N3O21. The summed E-state index contributed by atoms with van der Waals surface area (Å²) in [4.78, 5) is 44.6. The average Bonchev–Trinajstić information content (AvgIpc) is 3.69. The van der Waals surface area contributed by atoms with Gasteiger partial charge in [0.15, 0.2) is 18.9 Å². The predicted octanol–water partition coefficient (Wildman–Crippen LogP) is 0.256. The summed E-state index contributed by atoms with van der Waals surface area (Å²) in [5.74, 6) is -1.03. The van der Waals surface area contributed by atoms with Crippen molar-refractivity contribution in [3.05, 3.63) is 108 Å². The molecule has 11 N–H and O–H groups in total. The first-order valence-corrected chi connectivity index (χ1v) is 23.5. The van der Waals surface area contributed by atoms with Crippen LogP contribution in [0.3, 0.4) is 0 Å². The lowest BCUT2D eigenvalue weighted by molar-refractivity contribution is -0.383. The molecule has 0 spiro atoms. The van der Waals surface area contributed by atoms with E-state index in [0.717, 1.165) is 0 Å². The Hall–Kier alpha value is -5.13. The number of aliphatic hydroxyl groups excluding tert-OH is 7. The lowest BCUT2D eigenvalue weighted by Gasteiger charge is -2.48. The van der Waals surface area contributed by atoms with E-state index in [9.17, 15) is 55.4 Å². The molecule has 4 aliphatic rings. The number of hydrogen-bond acceptors (Lipinski definition) is 21. The minimum Gasteiger partial charge on any atom is -0.445 e. The van der Waals surface area contributed by atoms with Crippen LogP contribution >= 0.6 is 0 Å². The Balaban J connectivity index is 1.16. The van der Waals surface area contributed by atoms with Crippen LogP contribution in [0.4, 0.5) is 14.4 Å². The third-order valence-electron chi connectivity index (χ3n) is 12.9. The highest BCUT2D eigenvalue weighted by molar-refractivity contribution is 5.69. The minimum absolute atomic E-state index is 0.141. The van der Waals surface area contributed by atoms with Gasteiger partial charge >= 0.3 is 18.3 Å². The van der Waals surface area contributed by atoms with Gasteiger partial charge in [0.05, 0.1) is 30.9 Å². The number of amides is 3. The maximum Gasteiger partial charge on any atom is 0.407 e. The SMILES string of the molecule is CCC1OC(OC2C(OO)OC(OC3C(O)C(NC(=O)OCc4ccccc4)CC(NC(=O)OCc4ccccc4)C3OC3OC(CO)C(O)C(O)C3C)C2O)C(NC(=O)OCc2ccccc2)C(O)C1O. The third kappa shape index (κ3) is 13.5. The Kier molecular flexibility index (Phi) is 19.5. The molecule has 396 valence electrons. The molecule has 3 heterocycles. The zero-order valence-corrected chi connectivity index (χ0v) is 39.3. The van der Waals surface area contributed by atoms with Gasteiger partial charge in [-0.15, -0.1) is 0 Å². The summed E-state index contributed by atoms with van der Waals surface area (Å²) >= 11 is 0. The Labute approximate surface area is 413 Å². The van der Waals surface area contributed by atoms with Crippen LogP contribution in [0.5, 0.6) is 0 Å². The van der Waals surface area contributed by atoms with Gasteiger partial charge in [-0.05, 0) is 29.5 Å². The van der Waals surface area contributed by atoms with Gasteiger partial charge in [0.2, 0.25) is 6.29 Å². The zero-order valence-electron chi connectivity index (χ0n) is 39.3. The first-order valence-electron chi connectivity index (χ1n) is 23.5. The molecule has 3 aliphatic heterocycles. The first-order chi connectivity index (χ1) is 34.7.